The van der Waals surface area contributed by atoms with Gasteiger partial charge in [-0.15, -0.1) is 0 Å². The van der Waals surface area contributed by atoms with Crippen molar-refractivity contribution in [2.45, 2.75) is 24.2 Å². The molecule has 0 amide bonds. The Kier molecular flexibility index (Phi) is 6.58. The highest BCUT2D eigenvalue weighted by molar-refractivity contribution is 7.89. The normalized spacial score (nSPS) is 14.8. The van der Waals surface area contributed by atoms with Crippen LogP contribution in [-0.2, 0) is 14.8 Å². The van der Waals surface area contributed by atoms with E-state index in [0.29, 0.717) is 13.1 Å². The summed E-state index contributed by atoms with van der Waals surface area (Å²) in [5, 5.41) is 10.6. The van der Waals surface area contributed by atoms with E-state index in [1.54, 1.807) is 0 Å². The van der Waals surface area contributed by atoms with E-state index in [1.165, 1.54) is 52.8 Å². The molecule has 9 nitrogen and oxygen atoms in total. The van der Waals surface area contributed by atoms with Gasteiger partial charge >= 0.3 is 5.97 Å². The van der Waals surface area contributed by atoms with E-state index in [9.17, 15) is 28.1 Å². The minimum Gasteiger partial charge on any atom is -0.454 e. The number of hydrogen-bond acceptors (Lipinski definition) is 7. The molecule has 1 heterocycles. The van der Waals surface area contributed by atoms with Gasteiger partial charge in [0.05, 0.1) is 15.4 Å². The molecule has 1 aliphatic rings. The molecule has 1 aliphatic heterocycles. The Morgan fingerprint density at radius 2 is 1.50 bits per heavy atom. The van der Waals surface area contributed by atoms with Gasteiger partial charge in [0.1, 0.15) is 0 Å². The van der Waals surface area contributed by atoms with Crippen LogP contribution in [0.2, 0.25) is 0 Å². The smallest absolute Gasteiger partial charge is 0.338 e. The Bertz CT molecular complexity index is 1040. The molecular formula is C20H20N2O7S. The summed E-state index contributed by atoms with van der Waals surface area (Å²) in [7, 11) is -3.60. The van der Waals surface area contributed by atoms with Crippen molar-refractivity contribution < 1.29 is 27.7 Å². The van der Waals surface area contributed by atoms with Crippen molar-refractivity contribution in [1.29, 1.82) is 0 Å². The van der Waals surface area contributed by atoms with E-state index in [4.69, 9.17) is 4.74 Å². The lowest BCUT2D eigenvalue weighted by atomic mass is 10.1. The number of nitro groups is 1. The highest BCUT2D eigenvalue weighted by Crippen LogP contribution is 2.21. The minimum atomic E-state index is -3.60. The van der Waals surface area contributed by atoms with Gasteiger partial charge in [0.2, 0.25) is 10.0 Å². The Morgan fingerprint density at radius 1 is 0.933 bits per heavy atom. The predicted octanol–water partition coefficient (Wildman–Crippen LogP) is 2.81. The predicted molar refractivity (Wildman–Crippen MR) is 107 cm³/mol. The number of carbonyl (C=O) groups excluding carboxylic acids is 2. The molecule has 0 unspecified atom stereocenters. The van der Waals surface area contributed by atoms with E-state index in [2.05, 4.69) is 0 Å². The first kappa shape index (κ1) is 21.6. The standard InChI is InChI=1S/C20H20N2O7S/c23-19(15-4-8-17(9-5-15)22(25)26)14-29-20(24)16-6-10-18(11-7-16)30(27,28)21-12-2-1-3-13-21/h4-11H,1-3,12-14H2. The molecule has 2 aromatic carbocycles. The Balaban J connectivity index is 1.60. The van der Waals surface area contributed by atoms with Gasteiger partial charge in [-0.25, -0.2) is 13.2 Å². The number of Topliss-reactive ketones (excluding diaryl/α,β-unsaturated/α-hetero) is 1. The zero-order valence-corrected chi connectivity index (χ0v) is 16.8. The van der Waals surface area contributed by atoms with E-state index in [0.717, 1.165) is 19.3 Å². The zero-order valence-electron chi connectivity index (χ0n) is 16.0. The van der Waals surface area contributed by atoms with Crippen LogP contribution in [0, 0.1) is 10.1 Å². The summed E-state index contributed by atoms with van der Waals surface area (Å²) in [6.45, 7) is 0.429. The third kappa shape index (κ3) is 4.89. The van der Waals surface area contributed by atoms with Crippen LogP contribution < -0.4 is 0 Å². The van der Waals surface area contributed by atoms with Gasteiger partial charge in [0, 0.05) is 30.8 Å². The number of nitrogens with zero attached hydrogens (tertiary/aromatic N) is 2. The number of piperidine rings is 1. The van der Waals surface area contributed by atoms with Gasteiger partial charge in [-0.2, -0.15) is 4.31 Å². The van der Waals surface area contributed by atoms with E-state index >= 15 is 0 Å². The molecule has 1 fully saturated rings. The maximum atomic E-state index is 12.6. The molecule has 10 heteroatoms. The first-order valence-corrected chi connectivity index (χ1v) is 10.8. The molecule has 3 rings (SSSR count). The molecule has 0 aromatic heterocycles. The van der Waals surface area contributed by atoms with Gasteiger partial charge in [0.25, 0.3) is 5.69 Å². The molecule has 0 radical (unpaired) electrons. The first-order chi connectivity index (χ1) is 14.3. The molecule has 0 bridgehead atoms. The van der Waals surface area contributed by atoms with Crippen LogP contribution in [0.5, 0.6) is 0 Å². The average Bonchev–Trinajstić information content (AvgIpc) is 2.78. The van der Waals surface area contributed by atoms with Crippen LogP contribution in [0.1, 0.15) is 40.0 Å². The lowest BCUT2D eigenvalue weighted by Crippen LogP contribution is -2.35. The van der Waals surface area contributed by atoms with Gasteiger partial charge < -0.3 is 4.74 Å². The number of ether oxygens (including phenoxy) is 1. The Morgan fingerprint density at radius 3 is 2.07 bits per heavy atom. The van der Waals surface area contributed by atoms with E-state index in [1.807, 2.05) is 0 Å². The van der Waals surface area contributed by atoms with Crippen molar-refractivity contribution in [2.75, 3.05) is 19.7 Å². The SMILES string of the molecule is O=C(COC(=O)c1ccc(S(=O)(=O)N2CCCCC2)cc1)c1ccc([N+](=O)[O-])cc1. The number of hydrogen-bond donors (Lipinski definition) is 0. The molecule has 0 saturated carbocycles. The van der Waals surface area contributed by atoms with E-state index in [-0.39, 0.29) is 21.7 Å². The van der Waals surface area contributed by atoms with Crippen molar-refractivity contribution in [3.63, 3.8) is 0 Å². The maximum absolute atomic E-state index is 12.6. The number of benzene rings is 2. The van der Waals surface area contributed by atoms with Gasteiger partial charge in [0.15, 0.2) is 12.4 Å². The monoisotopic (exact) mass is 432 g/mol. The van der Waals surface area contributed by atoms with Crippen LogP contribution >= 0.6 is 0 Å². The number of non-ortho nitro benzene ring substituents is 1. The fraction of sp³-hybridized carbons (Fsp3) is 0.300. The highest BCUT2D eigenvalue weighted by atomic mass is 32.2. The van der Waals surface area contributed by atoms with Crippen molar-refractivity contribution >= 4 is 27.5 Å². The lowest BCUT2D eigenvalue weighted by Gasteiger charge is -2.25. The third-order valence-corrected chi connectivity index (χ3v) is 6.69. The fourth-order valence-corrected chi connectivity index (χ4v) is 4.60. The van der Waals surface area contributed by atoms with Crippen molar-refractivity contribution in [3.05, 3.63) is 69.8 Å². The number of ketones is 1. The second-order valence-electron chi connectivity index (χ2n) is 6.79. The molecular weight excluding hydrogens is 412 g/mol. The quantitative estimate of drug-likeness (QED) is 0.285. The number of rotatable bonds is 7. The van der Waals surface area contributed by atoms with Crippen LogP contribution in [0.15, 0.2) is 53.4 Å². The summed E-state index contributed by atoms with van der Waals surface area (Å²) in [6.07, 6.45) is 2.66. The molecule has 0 atom stereocenters. The molecule has 2 aromatic rings. The molecule has 0 N–H and O–H groups in total. The maximum Gasteiger partial charge on any atom is 0.338 e. The molecule has 0 aliphatic carbocycles. The summed E-state index contributed by atoms with van der Waals surface area (Å²) < 4.78 is 31.7. The molecule has 30 heavy (non-hydrogen) atoms. The Labute approximate surface area is 173 Å². The summed E-state index contributed by atoms with van der Waals surface area (Å²) >= 11 is 0. The van der Waals surface area contributed by atoms with Crippen molar-refractivity contribution in [2.24, 2.45) is 0 Å². The molecule has 158 valence electrons. The summed E-state index contributed by atoms with van der Waals surface area (Å²) in [5.41, 5.74) is 0.142. The summed E-state index contributed by atoms with van der Waals surface area (Å²) in [4.78, 5) is 34.4. The fourth-order valence-electron chi connectivity index (χ4n) is 3.08. The van der Waals surface area contributed by atoms with E-state index < -0.39 is 33.3 Å². The van der Waals surface area contributed by atoms with Gasteiger partial charge in [-0.3, -0.25) is 14.9 Å². The topological polar surface area (TPSA) is 124 Å². The van der Waals surface area contributed by atoms with Gasteiger partial charge in [-0.1, -0.05) is 6.42 Å². The van der Waals surface area contributed by atoms with Crippen molar-refractivity contribution in [3.8, 4) is 0 Å². The second kappa shape index (κ2) is 9.14. The van der Waals surface area contributed by atoms with Crippen LogP contribution in [0.3, 0.4) is 0 Å². The largest absolute Gasteiger partial charge is 0.454 e. The van der Waals surface area contributed by atoms with Crippen LogP contribution in [0.25, 0.3) is 0 Å². The van der Waals surface area contributed by atoms with Crippen LogP contribution in [-0.4, -0.2) is 49.1 Å². The molecule has 1 saturated heterocycles. The Hall–Kier alpha value is -3.11. The van der Waals surface area contributed by atoms with Crippen molar-refractivity contribution in [1.82, 2.24) is 4.31 Å². The second-order valence-corrected chi connectivity index (χ2v) is 8.73. The molecule has 0 spiro atoms. The number of sulfonamides is 1. The summed E-state index contributed by atoms with van der Waals surface area (Å²) in [5.74, 6) is -1.28. The zero-order chi connectivity index (χ0) is 21.7. The summed E-state index contributed by atoms with van der Waals surface area (Å²) in [6, 6.07) is 10.3. The number of carbonyl (C=O) groups is 2. The van der Waals surface area contributed by atoms with Gasteiger partial charge in [-0.05, 0) is 49.2 Å². The number of esters is 1. The first-order valence-electron chi connectivity index (χ1n) is 9.34. The van der Waals surface area contributed by atoms with Crippen LogP contribution in [0.4, 0.5) is 5.69 Å². The highest BCUT2D eigenvalue weighted by Gasteiger charge is 2.26. The number of nitro benzene ring substituents is 1. The lowest BCUT2D eigenvalue weighted by molar-refractivity contribution is -0.384. The third-order valence-electron chi connectivity index (χ3n) is 4.78. The minimum absolute atomic E-state index is 0.0999. The average molecular weight is 432 g/mol.